The normalized spacial score (nSPS) is 24.5. The molecule has 1 aromatic carbocycles. The summed E-state index contributed by atoms with van der Waals surface area (Å²) < 4.78 is 16.5. The van der Waals surface area contributed by atoms with Gasteiger partial charge in [-0.2, -0.15) is 0 Å². The topological polar surface area (TPSA) is 65.0 Å². The molecule has 0 saturated heterocycles. The van der Waals surface area contributed by atoms with Gasteiger partial charge in [-0.3, -0.25) is 4.79 Å². The van der Waals surface area contributed by atoms with Gasteiger partial charge in [-0.15, -0.1) is 0 Å². The number of carboxylic acid groups (broad SMARTS) is 1. The van der Waals surface area contributed by atoms with E-state index in [1.165, 1.54) is 26.4 Å². The highest BCUT2D eigenvalue weighted by molar-refractivity contribution is 5.75. The molecular weight excluding hydrogens is 272 g/mol. The average Bonchev–Trinajstić information content (AvgIpc) is 2.53. The highest BCUT2D eigenvalue weighted by Gasteiger charge is 2.38. The molecule has 2 unspecified atom stereocenters. The Balaban J connectivity index is 2.18. The van der Waals surface area contributed by atoms with Crippen LogP contribution in [0.1, 0.15) is 5.56 Å². The van der Waals surface area contributed by atoms with E-state index in [9.17, 15) is 4.79 Å². The number of aliphatic carboxylic acids is 1. The summed E-state index contributed by atoms with van der Waals surface area (Å²) >= 11 is 0. The molecular formula is C16H18O5. The average molecular weight is 290 g/mol. The van der Waals surface area contributed by atoms with E-state index < -0.39 is 17.7 Å². The van der Waals surface area contributed by atoms with Crippen LogP contribution in [0.5, 0.6) is 0 Å². The van der Waals surface area contributed by atoms with Crippen molar-refractivity contribution in [3.63, 3.8) is 0 Å². The van der Waals surface area contributed by atoms with Gasteiger partial charge in [-0.05, 0) is 17.7 Å². The fraction of sp³-hybridized carbons (Fsp3) is 0.312. The fourth-order valence-electron chi connectivity index (χ4n) is 2.12. The SMILES string of the molecule is COC1=CC(C(=O)O)C=CC1(OC)OCc1ccccc1. The molecule has 112 valence electrons. The highest BCUT2D eigenvalue weighted by Crippen LogP contribution is 2.32. The van der Waals surface area contributed by atoms with E-state index in [2.05, 4.69) is 0 Å². The number of carbonyl (C=O) groups is 1. The van der Waals surface area contributed by atoms with Crippen LogP contribution < -0.4 is 0 Å². The van der Waals surface area contributed by atoms with Crippen molar-refractivity contribution in [2.24, 2.45) is 5.92 Å². The zero-order valence-corrected chi connectivity index (χ0v) is 12.0. The molecule has 1 aliphatic rings. The quantitative estimate of drug-likeness (QED) is 0.643. The second-order valence-corrected chi connectivity index (χ2v) is 4.60. The van der Waals surface area contributed by atoms with Gasteiger partial charge in [0.2, 0.25) is 5.79 Å². The Morgan fingerprint density at radius 2 is 2.00 bits per heavy atom. The van der Waals surface area contributed by atoms with Crippen LogP contribution in [0, 0.1) is 5.92 Å². The van der Waals surface area contributed by atoms with Crippen LogP contribution in [0.4, 0.5) is 0 Å². The lowest BCUT2D eigenvalue weighted by molar-refractivity contribution is -0.191. The number of rotatable bonds is 6. The molecule has 1 N–H and O–H groups in total. The lowest BCUT2D eigenvalue weighted by Gasteiger charge is -2.33. The number of methoxy groups -OCH3 is 2. The predicted octanol–water partition coefficient (Wildman–Crippen LogP) is 2.35. The molecule has 2 rings (SSSR count). The van der Waals surface area contributed by atoms with Gasteiger partial charge in [0, 0.05) is 7.11 Å². The molecule has 2 atom stereocenters. The minimum atomic E-state index is -1.20. The molecule has 0 heterocycles. The Morgan fingerprint density at radius 3 is 2.57 bits per heavy atom. The van der Waals surface area contributed by atoms with Crippen molar-refractivity contribution in [3.05, 3.63) is 59.9 Å². The number of ether oxygens (including phenoxy) is 3. The van der Waals surface area contributed by atoms with Crippen molar-refractivity contribution in [3.8, 4) is 0 Å². The summed E-state index contributed by atoms with van der Waals surface area (Å²) in [6.07, 6.45) is 4.59. The molecule has 0 radical (unpaired) electrons. The lowest BCUT2D eigenvalue weighted by atomic mass is 9.98. The van der Waals surface area contributed by atoms with Crippen LogP contribution in [-0.2, 0) is 25.6 Å². The molecule has 21 heavy (non-hydrogen) atoms. The summed E-state index contributed by atoms with van der Waals surface area (Å²) in [7, 11) is 2.95. The summed E-state index contributed by atoms with van der Waals surface area (Å²) in [6, 6.07) is 9.64. The van der Waals surface area contributed by atoms with Gasteiger partial charge < -0.3 is 19.3 Å². The number of hydrogen-bond acceptors (Lipinski definition) is 4. The second kappa shape index (κ2) is 6.56. The molecule has 0 aromatic heterocycles. The molecule has 0 spiro atoms. The maximum absolute atomic E-state index is 11.1. The first-order valence-electron chi connectivity index (χ1n) is 6.53. The summed E-state index contributed by atoms with van der Waals surface area (Å²) in [5, 5.41) is 9.07. The Bertz CT molecular complexity index is 549. The molecule has 0 fully saturated rings. The van der Waals surface area contributed by atoms with E-state index in [4.69, 9.17) is 19.3 Å². The van der Waals surface area contributed by atoms with E-state index in [0.717, 1.165) is 5.56 Å². The van der Waals surface area contributed by atoms with Crippen LogP contribution in [0.15, 0.2) is 54.3 Å². The largest absolute Gasteiger partial charge is 0.495 e. The van der Waals surface area contributed by atoms with Gasteiger partial charge in [0.25, 0.3) is 0 Å². The summed E-state index contributed by atoms with van der Waals surface area (Å²) in [4.78, 5) is 11.1. The van der Waals surface area contributed by atoms with Crippen LogP contribution in [0.3, 0.4) is 0 Å². The zero-order chi connectivity index (χ0) is 15.3. The molecule has 0 aliphatic heterocycles. The van der Waals surface area contributed by atoms with E-state index >= 15 is 0 Å². The molecule has 1 aliphatic carbocycles. The van der Waals surface area contributed by atoms with Crippen LogP contribution in [0.2, 0.25) is 0 Å². The molecule has 0 bridgehead atoms. The molecule has 1 aromatic rings. The summed E-state index contributed by atoms with van der Waals surface area (Å²) in [6.45, 7) is 0.317. The van der Waals surface area contributed by atoms with E-state index in [-0.39, 0.29) is 0 Å². The Hall–Kier alpha value is -2.11. The van der Waals surface area contributed by atoms with Crippen molar-refractivity contribution in [2.75, 3.05) is 14.2 Å². The van der Waals surface area contributed by atoms with Crippen molar-refractivity contribution >= 4 is 5.97 Å². The first-order valence-corrected chi connectivity index (χ1v) is 6.53. The maximum Gasteiger partial charge on any atom is 0.314 e. The van der Waals surface area contributed by atoms with Gasteiger partial charge in [0.1, 0.15) is 0 Å². The van der Waals surface area contributed by atoms with E-state index in [0.29, 0.717) is 12.4 Å². The smallest absolute Gasteiger partial charge is 0.314 e. The summed E-state index contributed by atoms with van der Waals surface area (Å²) in [5.41, 5.74) is 0.984. The van der Waals surface area contributed by atoms with Crippen molar-refractivity contribution in [2.45, 2.75) is 12.4 Å². The maximum atomic E-state index is 11.1. The molecule has 5 heteroatoms. The van der Waals surface area contributed by atoms with Gasteiger partial charge >= 0.3 is 5.97 Å². The third-order valence-corrected chi connectivity index (χ3v) is 3.30. The second-order valence-electron chi connectivity index (χ2n) is 4.60. The lowest BCUT2D eigenvalue weighted by Crippen LogP contribution is -2.38. The van der Waals surface area contributed by atoms with E-state index in [1.54, 1.807) is 6.08 Å². The number of carboxylic acids is 1. The van der Waals surface area contributed by atoms with Crippen LogP contribution in [-0.4, -0.2) is 31.1 Å². The molecule has 5 nitrogen and oxygen atoms in total. The summed E-state index contributed by atoms with van der Waals surface area (Å²) in [5.74, 6) is -2.57. The van der Waals surface area contributed by atoms with Crippen molar-refractivity contribution in [1.29, 1.82) is 0 Å². The Labute approximate surface area is 123 Å². The van der Waals surface area contributed by atoms with Crippen LogP contribution in [0.25, 0.3) is 0 Å². The van der Waals surface area contributed by atoms with Crippen molar-refractivity contribution < 1.29 is 24.1 Å². The Morgan fingerprint density at radius 1 is 1.29 bits per heavy atom. The van der Waals surface area contributed by atoms with Gasteiger partial charge in [0.15, 0.2) is 5.76 Å². The molecule has 0 saturated carbocycles. The number of benzene rings is 1. The third-order valence-electron chi connectivity index (χ3n) is 3.30. The Kier molecular flexibility index (Phi) is 4.77. The van der Waals surface area contributed by atoms with Gasteiger partial charge in [0.05, 0.1) is 19.6 Å². The highest BCUT2D eigenvalue weighted by atomic mass is 16.7. The van der Waals surface area contributed by atoms with E-state index in [1.807, 2.05) is 30.3 Å². The van der Waals surface area contributed by atoms with Crippen molar-refractivity contribution in [1.82, 2.24) is 0 Å². The van der Waals surface area contributed by atoms with Gasteiger partial charge in [-0.1, -0.05) is 36.4 Å². The first-order chi connectivity index (χ1) is 10.1. The number of hydrogen-bond donors (Lipinski definition) is 1. The fourth-order valence-corrected chi connectivity index (χ4v) is 2.12. The van der Waals surface area contributed by atoms with Crippen LogP contribution >= 0.6 is 0 Å². The van der Waals surface area contributed by atoms with Gasteiger partial charge in [-0.25, -0.2) is 0 Å². The zero-order valence-electron chi connectivity index (χ0n) is 12.0. The first kappa shape index (κ1) is 15.3. The minimum Gasteiger partial charge on any atom is -0.495 e. The monoisotopic (exact) mass is 290 g/mol. The minimum absolute atomic E-state index is 0.317. The molecule has 0 amide bonds. The predicted molar refractivity (Wildman–Crippen MR) is 76.3 cm³/mol. The standard InChI is InChI=1S/C16H18O5/c1-19-14-10-13(15(17)18)8-9-16(14,20-2)21-11-12-6-4-3-5-7-12/h3-10,13H,11H2,1-2H3,(H,17,18). The third kappa shape index (κ3) is 3.32.